The number of carboxylic acid groups (broad SMARTS) is 1. The molecule has 8 nitrogen and oxygen atoms in total. The van der Waals surface area contributed by atoms with Crippen LogP contribution in [0.3, 0.4) is 0 Å². The van der Waals surface area contributed by atoms with Crippen LogP contribution in [-0.4, -0.2) is 33.2 Å². The molecule has 0 saturated heterocycles. The van der Waals surface area contributed by atoms with Crippen LogP contribution < -0.4 is 10.1 Å². The third-order valence-corrected chi connectivity index (χ3v) is 6.43. The minimum atomic E-state index is -1.48. The topological polar surface area (TPSA) is 133 Å². The lowest BCUT2D eigenvalue weighted by atomic mass is 10.0. The van der Waals surface area contributed by atoms with Crippen LogP contribution in [0.15, 0.2) is 39.3 Å². The van der Waals surface area contributed by atoms with Crippen molar-refractivity contribution < 1.29 is 34.2 Å². The van der Waals surface area contributed by atoms with E-state index in [1.807, 2.05) is 0 Å². The quantitative estimate of drug-likeness (QED) is 0.340. The van der Waals surface area contributed by atoms with Gasteiger partial charge in [-0.05, 0) is 80.6 Å². The van der Waals surface area contributed by atoms with Gasteiger partial charge in [-0.2, -0.15) is 0 Å². The van der Waals surface area contributed by atoms with Crippen molar-refractivity contribution in [1.82, 2.24) is 5.32 Å². The molecule has 1 amide bonds. The molecule has 0 aliphatic rings. The number of hydrogen-bond donors (Lipinski definition) is 4. The number of carbonyl (C=O) groups is 2. The van der Waals surface area contributed by atoms with Crippen molar-refractivity contribution in [3.05, 3.63) is 50.4 Å². The zero-order valence-corrected chi connectivity index (χ0v) is 21.2. The van der Waals surface area contributed by atoms with Crippen molar-refractivity contribution in [3.8, 4) is 17.2 Å². The molecular weight excluding hydrogens is 557 g/mol. The Hall–Kier alpha value is -1.87. The average Bonchev–Trinajstić information content (AvgIpc) is 2.69. The summed E-state index contributed by atoms with van der Waals surface area (Å²) in [5, 5.41) is 30.5. The van der Waals surface area contributed by atoms with E-state index in [2.05, 4.69) is 37.2 Å². The van der Waals surface area contributed by atoms with Crippen molar-refractivity contribution in [2.45, 2.75) is 32.2 Å². The largest absolute Gasteiger partial charge is 0.507 e. The van der Waals surface area contributed by atoms with Crippen molar-refractivity contribution >= 4 is 52.2 Å². The van der Waals surface area contributed by atoms with Gasteiger partial charge in [0.05, 0.1) is 23.0 Å². The van der Waals surface area contributed by atoms with Gasteiger partial charge in [0, 0.05) is 0 Å². The predicted molar refractivity (Wildman–Crippen MR) is 124 cm³/mol. The highest BCUT2D eigenvalue weighted by Gasteiger charge is 2.26. The minimum Gasteiger partial charge on any atom is -0.507 e. The summed E-state index contributed by atoms with van der Waals surface area (Å²) in [5.41, 5.74) is 0.272. The molecule has 3 atom stereocenters. The molecule has 0 fully saturated rings. The number of nitrogens with one attached hydrogen (secondary N) is 1. The fourth-order valence-electron chi connectivity index (χ4n) is 2.63. The molecule has 0 aromatic heterocycles. The summed E-state index contributed by atoms with van der Waals surface area (Å²) >= 11 is 6.70. The van der Waals surface area contributed by atoms with Crippen molar-refractivity contribution in [2.24, 2.45) is 5.92 Å². The third kappa shape index (κ3) is 6.10. The van der Waals surface area contributed by atoms with Crippen molar-refractivity contribution in [1.29, 1.82) is 0 Å². The van der Waals surface area contributed by atoms with E-state index in [4.69, 9.17) is 4.74 Å². The van der Waals surface area contributed by atoms with Gasteiger partial charge in [-0.1, -0.05) is 13.8 Å². The van der Waals surface area contributed by atoms with Crippen LogP contribution in [0.25, 0.3) is 0 Å². The fraction of sp³-hybridized carbons (Fsp3) is 0.300. The van der Waals surface area contributed by atoms with E-state index in [0.29, 0.717) is 20.3 Å². The Balaban J connectivity index is 2.35. The molecular formula is C20H22Br2NO7P. The van der Waals surface area contributed by atoms with Crippen LogP contribution in [-0.2, 0) is 14.7 Å². The summed E-state index contributed by atoms with van der Waals surface area (Å²) in [6, 6.07) is 6.00. The first-order valence-corrected chi connectivity index (χ1v) is 11.7. The highest BCUT2D eigenvalue weighted by Crippen LogP contribution is 2.42. The molecule has 168 valence electrons. The van der Waals surface area contributed by atoms with E-state index in [-0.39, 0.29) is 23.0 Å². The van der Waals surface area contributed by atoms with Gasteiger partial charge in [-0.25, -0.2) is 4.79 Å². The Morgan fingerprint density at radius 1 is 1.16 bits per heavy atom. The highest BCUT2D eigenvalue weighted by molar-refractivity contribution is 9.11. The number of rotatable bonds is 8. The summed E-state index contributed by atoms with van der Waals surface area (Å²) in [7, 11) is -1.48. The van der Waals surface area contributed by atoms with Gasteiger partial charge in [0.15, 0.2) is 5.75 Å². The number of phenols is 1. The number of aromatic hydroxyl groups is 1. The van der Waals surface area contributed by atoms with Gasteiger partial charge in [0.2, 0.25) is 0 Å². The summed E-state index contributed by atoms with van der Waals surface area (Å²) < 4.78 is 18.1. The SMILES string of the molecule is CC(C)C(NC(=O)c1cc(Oc2c(Br)cc(C(C)(O)[PH2]=O)cc2Br)ccc1O)C(=O)O. The Labute approximate surface area is 197 Å². The fourth-order valence-corrected chi connectivity index (χ4v) is 4.28. The Morgan fingerprint density at radius 3 is 2.23 bits per heavy atom. The number of amides is 1. The summed E-state index contributed by atoms with van der Waals surface area (Å²) in [4.78, 5) is 23.9. The molecule has 2 rings (SSSR count). The Bertz CT molecular complexity index is 1000. The maximum atomic E-state index is 12.5. The van der Waals surface area contributed by atoms with Crippen LogP contribution in [0.4, 0.5) is 0 Å². The molecule has 3 unspecified atom stereocenters. The molecule has 0 radical (unpaired) electrons. The standard InChI is InChI=1S/C20H22Br2NO7P/c1-9(2)16(19(26)27)23-18(25)12-8-11(4-5-15(12)24)30-17-13(21)6-10(7-14(17)22)20(3,28)31-29/h4-9,16,24,28H,31H2,1-3H3,(H,23,25)(H,26,27). The van der Waals surface area contributed by atoms with Gasteiger partial charge in [0.25, 0.3) is 5.91 Å². The normalized spacial score (nSPS) is 14.4. The summed E-state index contributed by atoms with van der Waals surface area (Å²) in [5.74, 6) is -2.11. The molecule has 4 N–H and O–H groups in total. The lowest BCUT2D eigenvalue weighted by Gasteiger charge is -2.20. The van der Waals surface area contributed by atoms with Gasteiger partial charge in [-0.3, -0.25) is 4.79 Å². The first-order valence-electron chi connectivity index (χ1n) is 9.10. The van der Waals surface area contributed by atoms with Gasteiger partial charge < -0.3 is 29.9 Å². The van der Waals surface area contributed by atoms with Crippen LogP contribution >= 0.6 is 40.3 Å². The van der Waals surface area contributed by atoms with Crippen molar-refractivity contribution in [2.75, 3.05) is 0 Å². The number of phenolic OH excluding ortho intramolecular Hbond substituents is 1. The van der Waals surface area contributed by atoms with E-state index >= 15 is 0 Å². The minimum absolute atomic E-state index is 0.147. The van der Waals surface area contributed by atoms with Gasteiger partial charge in [0.1, 0.15) is 22.9 Å². The van der Waals surface area contributed by atoms with Crippen LogP contribution in [0.1, 0.15) is 36.7 Å². The number of carboxylic acids is 1. The molecule has 0 bridgehead atoms. The first kappa shape index (κ1) is 25.4. The summed E-state index contributed by atoms with van der Waals surface area (Å²) in [6.45, 7) is 4.75. The molecule has 2 aromatic carbocycles. The molecule has 0 spiro atoms. The lowest BCUT2D eigenvalue weighted by Crippen LogP contribution is -2.44. The first-order chi connectivity index (χ1) is 14.4. The maximum absolute atomic E-state index is 12.5. The second kappa shape index (κ2) is 10.2. The van der Waals surface area contributed by atoms with E-state index in [1.165, 1.54) is 25.1 Å². The van der Waals surface area contributed by atoms with Crippen LogP contribution in [0, 0.1) is 5.92 Å². The molecule has 0 aliphatic heterocycles. The number of benzene rings is 2. The third-order valence-electron chi connectivity index (χ3n) is 4.46. The van der Waals surface area contributed by atoms with E-state index in [0.717, 1.165) is 0 Å². The number of aliphatic hydroxyl groups is 1. The monoisotopic (exact) mass is 577 g/mol. The molecule has 31 heavy (non-hydrogen) atoms. The van der Waals surface area contributed by atoms with Crippen LogP contribution in [0.5, 0.6) is 17.2 Å². The smallest absolute Gasteiger partial charge is 0.326 e. The lowest BCUT2D eigenvalue weighted by molar-refractivity contribution is -0.140. The zero-order valence-electron chi connectivity index (χ0n) is 16.8. The maximum Gasteiger partial charge on any atom is 0.326 e. The molecule has 11 heteroatoms. The van der Waals surface area contributed by atoms with E-state index in [9.17, 15) is 29.5 Å². The second-order valence-corrected chi connectivity index (χ2v) is 10.4. The number of hydrogen-bond acceptors (Lipinski definition) is 6. The average molecular weight is 579 g/mol. The Kier molecular flexibility index (Phi) is 8.33. The molecule has 0 saturated carbocycles. The van der Waals surface area contributed by atoms with Gasteiger partial charge in [-0.15, -0.1) is 0 Å². The van der Waals surface area contributed by atoms with Crippen LogP contribution in [0.2, 0.25) is 0 Å². The Morgan fingerprint density at radius 2 is 1.74 bits per heavy atom. The molecule has 0 heterocycles. The van der Waals surface area contributed by atoms with E-state index < -0.39 is 31.7 Å². The highest BCUT2D eigenvalue weighted by atomic mass is 79.9. The number of aliphatic carboxylic acids is 1. The number of carbonyl (C=O) groups excluding carboxylic acids is 1. The number of ether oxygens (including phenoxy) is 1. The summed E-state index contributed by atoms with van der Waals surface area (Å²) in [6.07, 6.45) is 0. The van der Waals surface area contributed by atoms with Gasteiger partial charge >= 0.3 is 5.97 Å². The molecule has 2 aromatic rings. The van der Waals surface area contributed by atoms with Crippen molar-refractivity contribution in [3.63, 3.8) is 0 Å². The van der Waals surface area contributed by atoms with E-state index in [1.54, 1.807) is 26.0 Å². The molecule has 0 aliphatic carbocycles. The second-order valence-electron chi connectivity index (χ2n) is 7.35. The number of halogens is 2. The zero-order chi connectivity index (χ0) is 23.5. The predicted octanol–water partition coefficient (Wildman–Crippen LogP) is 4.47.